The van der Waals surface area contributed by atoms with Crippen molar-refractivity contribution >= 4 is 12.1 Å². The molecule has 0 radical (unpaired) electrons. The third-order valence-electron chi connectivity index (χ3n) is 4.19. The fraction of sp³-hybridized carbons (Fsp3) is 0.227. The number of ether oxygens (including phenoxy) is 1. The van der Waals surface area contributed by atoms with Crippen LogP contribution in [0.4, 0.5) is 0 Å². The zero-order valence-electron chi connectivity index (χ0n) is 16.1. The van der Waals surface area contributed by atoms with Gasteiger partial charge in [-0.15, -0.1) is 0 Å². The second-order valence-corrected chi connectivity index (χ2v) is 6.54. The largest absolute Gasteiger partial charge is 0.489 e. The maximum absolute atomic E-state index is 11.9. The van der Waals surface area contributed by atoms with Crippen LogP contribution in [0.3, 0.4) is 0 Å². The van der Waals surface area contributed by atoms with E-state index in [2.05, 4.69) is 15.6 Å². The molecule has 0 aliphatic carbocycles. The smallest absolute Gasteiger partial charge is 0.241 e. The first kappa shape index (κ1) is 19.4. The van der Waals surface area contributed by atoms with Gasteiger partial charge in [0.2, 0.25) is 5.91 Å². The molecule has 144 valence electrons. The number of nitrogens with one attached hydrogen (secondary N) is 1. The van der Waals surface area contributed by atoms with Crippen molar-refractivity contribution < 1.29 is 9.53 Å². The Morgan fingerprint density at radius 2 is 1.89 bits per heavy atom. The Morgan fingerprint density at radius 3 is 2.57 bits per heavy atom. The Hall–Kier alpha value is -3.41. The van der Waals surface area contributed by atoms with Gasteiger partial charge in [-0.3, -0.25) is 9.48 Å². The van der Waals surface area contributed by atoms with E-state index in [1.165, 1.54) is 0 Å². The zero-order chi connectivity index (χ0) is 19.8. The summed E-state index contributed by atoms with van der Waals surface area (Å²) in [5.41, 5.74) is 6.54. The number of carbonyl (C=O) groups is 1. The van der Waals surface area contributed by atoms with Crippen molar-refractivity contribution in [2.75, 3.05) is 0 Å². The Kier molecular flexibility index (Phi) is 6.57. The standard InChI is InChI=1S/C22H24N4O2/c1-17-14-18(2)26(25-17)13-12-22(27)24-23-15-19-8-10-21(11-9-19)28-16-20-6-4-3-5-7-20/h3-11,14-15H,12-13,16H2,1-2H3,(H,24,27)/b23-15-. The molecule has 2 aromatic carbocycles. The number of hydrogen-bond acceptors (Lipinski definition) is 4. The number of nitrogens with zero attached hydrogens (tertiary/aromatic N) is 3. The normalized spacial score (nSPS) is 10.9. The van der Waals surface area contributed by atoms with E-state index < -0.39 is 0 Å². The molecular formula is C22H24N4O2. The maximum Gasteiger partial charge on any atom is 0.241 e. The van der Waals surface area contributed by atoms with Crippen molar-refractivity contribution in [2.45, 2.75) is 33.4 Å². The fourth-order valence-electron chi connectivity index (χ4n) is 2.73. The van der Waals surface area contributed by atoms with E-state index >= 15 is 0 Å². The lowest BCUT2D eigenvalue weighted by molar-refractivity contribution is -0.121. The number of hydrazone groups is 1. The highest BCUT2D eigenvalue weighted by molar-refractivity contribution is 5.82. The lowest BCUT2D eigenvalue weighted by Crippen LogP contribution is -2.20. The van der Waals surface area contributed by atoms with Crippen molar-refractivity contribution in [3.05, 3.63) is 83.2 Å². The average molecular weight is 376 g/mol. The fourth-order valence-corrected chi connectivity index (χ4v) is 2.73. The molecule has 3 aromatic rings. The van der Waals surface area contributed by atoms with Gasteiger partial charge in [-0.05, 0) is 55.3 Å². The molecule has 1 amide bonds. The van der Waals surface area contributed by atoms with Gasteiger partial charge < -0.3 is 4.74 Å². The highest BCUT2D eigenvalue weighted by Gasteiger charge is 2.04. The molecule has 0 saturated carbocycles. The van der Waals surface area contributed by atoms with E-state index in [-0.39, 0.29) is 5.91 Å². The summed E-state index contributed by atoms with van der Waals surface area (Å²) in [5.74, 6) is 0.640. The van der Waals surface area contributed by atoms with E-state index in [0.29, 0.717) is 19.6 Å². The first-order chi connectivity index (χ1) is 13.6. The van der Waals surface area contributed by atoms with Gasteiger partial charge in [0.1, 0.15) is 12.4 Å². The third kappa shape index (κ3) is 5.81. The Bertz CT molecular complexity index is 931. The van der Waals surface area contributed by atoms with Crippen LogP contribution in [0.15, 0.2) is 65.8 Å². The lowest BCUT2D eigenvalue weighted by atomic mass is 10.2. The Morgan fingerprint density at radius 1 is 1.14 bits per heavy atom. The van der Waals surface area contributed by atoms with Crippen LogP contribution in [0.2, 0.25) is 0 Å². The summed E-state index contributed by atoms with van der Waals surface area (Å²) in [4.78, 5) is 11.9. The number of aryl methyl sites for hydroxylation is 3. The first-order valence-electron chi connectivity index (χ1n) is 9.20. The van der Waals surface area contributed by atoms with E-state index in [1.807, 2.05) is 79.2 Å². The molecule has 0 aliphatic heterocycles. The molecule has 0 unspecified atom stereocenters. The van der Waals surface area contributed by atoms with Gasteiger partial charge in [0.05, 0.1) is 18.5 Å². The van der Waals surface area contributed by atoms with Crippen LogP contribution in [0.25, 0.3) is 0 Å². The van der Waals surface area contributed by atoms with Crippen molar-refractivity contribution in [2.24, 2.45) is 5.10 Å². The number of amides is 1. The van der Waals surface area contributed by atoms with Crippen LogP contribution < -0.4 is 10.2 Å². The van der Waals surface area contributed by atoms with Crippen LogP contribution in [0.1, 0.15) is 28.9 Å². The minimum absolute atomic E-state index is 0.147. The molecule has 3 rings (SSSR count). The average Bonchev–Trinajstić information content (AvgIpc) is 3.03. The Labute approximate surface area is 164 Å². The molecule has 0 fully saturated rings. The second-order valence-electron chi connectivity index (χ2n) is 6.54. The number of rotatable bonds is 8. The predicted octanol–water partition coefficient (Wildman–Crippen LogP) is 3.62. The monoisotopic (exact) mass is 376 g/mol. The van der Waals surface area contributed by atoms with Crippen LogP contribution in [0.5, 0.6) is 5.75 Å². The van der Waals surface area contributed by atoms with E-state index in [1.54, 1.807) is 6.21 Å². The number of aromatic nitrogens is 2. The van der Waals surface area contributed by atoms with Gasteiger partial charge >= 0.3 is 0 Å². The van der Waals surface area contributed by atoms with Gasteiger partial charge in [-0.2, -0.15) is 10.2 Å². The van der Waals surface area contributed by atoms with E-state index in [4.69, 9.17) is 4.74 Å². The highest BCUT2D eigenvalue weighted by atomic mass is 16.5. The highest BCUT2D eigenvalue weighted by Crippen LogP contribution is 2.13. The zero-order valence-corrected chi connectivity index (χ0v) is 16.1. The molecule has 0 saturated heterocycles. The molecule has 0 spiro atoms. The van der Waals surface area contributed by atoms with Crippen LogP contribution >= 0.6 is 0 Å². The predicted molar refractivity (Wildman–Crippen MR) is 109 cm³/mol. The number of benzene rings is 2. The van der Waals surface area contributed by atoms with Crippen molar-refractivity contribution in [1.82, 2.24) is 15.2 Å². The van der Waals surface area contributed by atoms with Crippen molar-refractivity contribution in [1.29, 1.82) is 0 Å². The minimum atomic E-state index is -0.147. The summed E-state index contributed by atoms with van der Waals surface area (Å²) < 4.78 is 7.58. The molecule has 1 N–H and O–H groups in total. The first-order valence-corrected chi connectivity index (χ1v) is 9.20. The molecule has 1 heterocycles. The van der Waals surface area contributed by atoms with Crippen LogP contribution in [-0.2, 0) is 17.9 Å². The van der Waals surface area contributed by atoms with Gasteiger partial charge in [-0.1, -0.05) is 30.3 Å². The lowest BCUT2D eigenvalue weighted by Gasteiger charge is -2.06. The summed E-state index contributed by atoms with van der Waals surface area (Å²) >= 11 is 0. The van der Waals surface area contributed by atoms with Gasteiger partial charge in [-0.25, -0.2) is 5.43 Å². The summed E-state index contributed by atoms with van der Waals surface area (Å²) in [6.07, 6.45) is 1.94. The van der Waals surface area contributed by atoms with Crippen molar-refractivity contribution in [3.63, 3.8) is 0 Å². The minimum Gasteiger partial charge on any atom is -0.489 e. The van der Waals surface area contributed by atoms with E-state index in [0.717, 1.165) is 28.3 Å². The molecule has 6 heteroatoms. The molecule has 0 aliphatic rings. The Balaban J connectivity index is 1.42. The quantitative estimate of drug-likeness (QED) is 0.482. The molecule has 1 aromatic heterocycles. The number of carbonyl (C=O) groups excluding carboxylic acids is 1. The SMILES string of the molecule is Cc1cc(C)n(CCC(=O)N/N=C\c2ccc(OCc3ccccc3)cc2)n1. The molecule has 28 heavy (non-hydrogen) atoms. The summed E-state index contributed by atoms with van der Waals surface area (Å²) in [6.45, 7) is 4.98. The van der Waals surface area contributed by atoms with E-state index in [9.17, 15) is 4.79 Å². The van der Waals surface area contributed by atoms with Crippen molar-refractivity contribution in [3.8, 4) is 5.75 Å². The molecule has 6 nitrogen and oxygen atoms in total. The topological polar surface area (TPSA) is 68.5 Å². The molecule has 0 atom stereocenters. The summed E-state index contributed by atoms with van der Waals surface area (Å²) in [6, 6.07) is 19.6. The number of hydrogen-bond donors (Lipinski definition) is 1. The molecular weight excluding hydrogens is 352 g/mol. The second kappa shape index (κ2) is 9.50. The summed E-state index contributed by atoms with van der Waals surface area (Å²) in [5, 5.41) is 8.35. The third-order valence-corrected chi connectivity index (χ3v) is 4.19. The van der Waals surface area contributed by atoms with Gasteiger partial charge in [0, 0.05) is 12.1 Å². The summed E-state index contributed by atoms with van der Waals surface area (Å²) in [7, 11) is 0. The van der Waals surface area contributed by atoms with Crippen LogP contribution in [-0.4, -0.2) is 21.9 Å². The van der Waals surface area contributed by atoms with Gasteiger partial charge in [0.25, 0.3) is 0 Å². The van der Waals surface area contributed by atoms with Crippen LogP contribution in [0, 0.1) is 13.8 Å². The molecule has 0 bridgehead atoms. The maximum atomic E-state index is 11.9. The van der Waals surface area contributed by atoms with Gasteiger partial charge in [0.15, 0.2) is 0 Å².